The first-order valence-corrected chi connectivity index (χ1v) is 5.76. The highest BCUT2D eigenvalue weighted by molar-refractivity contribution is 7.80. The van der Waals surface area contributed by atoms with E-state index in [1.54, 1.807) is 0 Å². The monoisotopic (exact) mass is 272 g/mol. The molecule has 0 aliphatic carbocycles. The van der Waals surface area contributed by atoms with E-state index >= 15 is 0 Å². The van der Waals surface area contributed by atoms with Crippen LogP contribution in [0.1, 0.15) is 12.5 Å². The maximum atomic E-state index is 5.15. The normalized spacial score (nSPS) is 8.53. The zero-order valence-corrected chi connectivity index (χ0v) is 11.2. The minimum Gasteiger partial charge on any atom is -0.472 e. The van der Waals surface area contributed by atoms with Gasteiger partial charge in [0.25, 0.3) is 10.3 Å². The van der Waals surface area contributed by atoms with E-state index in [9.17, 15) is 0 Å². The van der Waals surface area contributed by atoms with Crippen LogP contribution in [0.3, 0.4) is 0 Å². The Kier molecular flexibility index (Phi) is 8.99. The molecule has 0 spiro atoms. The van der Waals surface area contributed by atoms with Crippen molar-refractivity contribution in [3.8, 4) is 0 Å². The fourth-order valence-corrected chi connectivity index (χ4v) is 1.05. The van der Waals surface area contributed by atoms with Gasteiger partial charge in [-0.3, -0.25) is 0 Å². The number of rotatable bonds is 3. The summed E-state index contributed by atoms with van der Waals surface area (Å²) < 4.78 is 9.49. The summed E-state index contributed by atoms with van der Waals surface area (Å²) in [5, 5.41) is 0.214. The fraction of sp³-hybridized carbons (Fsp3) is 0.273. The van der Waals surface area contributed by atoms with Crippen LogP contribution in [0.15, 0.2) is 30.3 Å². The van der Waals surface area contributed by atoms with E-state index in [0.717, 1.165) is 5.56 Å². The van der Waals surface area contributed by atoms with Gasteiger partial charge in [0, 0.05) is 0 Å². The van der Waals surface area contributed by atoms with Crippen LogP contribution in [-0.2, 0) is 16.1 Å². The summed E-state index contributed by atoms with van der Waals surface area (Å²) in [4.78, 5) is 0. The van der Waals surface area contributed by atoms with Gasteiger partial charge in [0.2, 0.25) is 0 Å². The third kappa shape index (κ3) is 10.9. The van der Waals surface area contributed by atoms with Gasteiger partial charge in [-0.1, -0.05) is 30.3 Å². The molecule has 0 aromatic heterocycles. The van der Waals surface area contributed by atoms with Gasteiger partial charge in [-0.25, -0.2) is 0 Å². The Bertz CT molecular complexity index is 345. The average molecular weight is 272 g/mol. The molecule has 0 bridgehead atoms. The van der Waals surface area contributed by atoms with Crippen LogP contribution >= 0.6 is 24.4 Å². The van der Waals surface area contributed by atoms with Gasteiger partial charge in [0.1, 0.15) is 6.61 Å². The molecule has 1 aromatic rings. The molecule has 0 radical (unpaired) electrons. The van der Waals surface area contributed by atoms with Gasteiger partial charge in [0.05, 0.1) is 6.61 Å². The predicted octanol–water partition coefficient (Wildman–Crippen LogP) is 1.71. The average Bonchev–Trinajstić information content (AvgIpc) is 2.28. The van der Waals surface area contributed by atoms with Crippen molar-refractivity contribution in [3.63, 3.8) is 0 Å². The molecular weight excluding hydrogens is 256 g/mol. The number of hydrogen-bond acceptors (Lipinski definition) is 4. The lowest BCUT2D eigenvalue weighted by Crippen LogP contribution is -2.12. The quantitative estimate of drug-likeness (QED) is 0.816. The number of hydrogen-bond donors (Lipinski definition) is 2. The van der Waals surface area contributed by atoms with Gasteiger partial charge in [-0.2, -0.15) is 0 Å². The van der Waals surface area contributed by atoms with Crippen molar-refractivity contribution in [1.82, 2.24) is 0 Å². The Balaban J connectivity index is 0.000000366. The first kappa shape index (κ1) is 15.6. The molecule has 94 valence electrons. The largest absolute Gasteiger partial charge is 0.472 e. The molecule has 0 aliphatic heterocycles. The highest BCUT2D eigenvalue weighted by Crippen LogP contribution is 1.99. The highest BCUT2D eigenvalue weighted by Gasteiger charge is 1.91. The van der Waals surface area contributed by atoms with Crippen molar-refractivity contribution < 1.29 is 9.47 Å². The molecule has 0 heterocycles. The summed E-state index contributed by atoms with van der Waals surface area (Å²) in [5.41, 5.74) is 11.1. The molecule has 0 saturated heterocycles. The standard InChI is InChI=1S/C8H9NOS.C3H7NOS/c9-8(11)10-6-7-4-2-1-3-5-7;1-2-5-3(4)6/h1-5H,6H2,(H2,9,11);2H2,1H3,(H2,4,6). The Morgan fingerprint density at radius 2 is 1.59 bits per heavy atom. The van der Waals surface area contributed by atoms with Crippen molar-refractivity contribution in [3.05, 3.63) is 35.9 Å². The molecule has 1 rings (SSSR count). The van der Waals surface area contributed by atoms with Crippen molar-refractivity contribution in [2.24, 2.45) is 11.5 Å². The summed E-state index contributed by atoms with van der Waals surface area (Å²) in [5.74, 6) is 0. The first-order valence-electron chi connectivity index (χ1n) is 4.94. The first-order chi connectivity index (χ1) is 8.06. The second kappa shape index (κ2) is 9.80. The Hall–Kier alpha value is -1.40. The maximum absolute atomic E-state index is 5.15. The van der Waals surface area contributed by atoms with Gasteiger partial charge in [-0.15, -0.1) is 0 Å². The lowest BCUT2D eigenvalue weighted by atomic mass is 10.2. The highest BCUT2D eigenvalue weighted by atomic mass is 32.1. The lowest BCUT2D eigenvalue weighted by Gasteiger charge is -2.01. The SMILES string of the molecule is CCOC(N)=S.NC(=S)OCc1ccccc1. The minimum atomic E-state index is 0.0915. The van der Waals surface area contributed by atoms with E-state index in [0.29, 0.717) is 13.2 Å². The van der Waals surface area contributed by atoms with Gasteiger partial charge < -0.3 is 20.9 Å². The molecule has 0 fully saturated rings. The third-order valence-electron chi connectivity index (χ3n) is 1.51. The van der Waals surface area contributed by atoms with E-state index in [1.165, 1.54) is 0 Å². The molecule has 4 nitrogen and oxygen atoms in total. The lowest BCUT2D eigenvalue weighted by molar-refractivity contribution is 0.296. The smallest absolute Gasteiger partial charge is 0.254 e. The summed E-state index contributed by atoms with van der Waals surface area (Å²) in [6.07, 6.45) is 0. The van der Waals surface area contributed by atoms with Crippen molar-refractivity contribution in [2.45, 2.75) is 13.5 Å². The number of ether oxygens (including phenoxy) is 2. The number of nitrogens with two attached hydrogens (primary N) is 2. The molecular formula is C11H16N2O2S2. The molecule has 0 aliphatic rings. The zero-order chi connectivity index (χ0) is 13.1. The summed E-state index contributed by atoms with van der Waals surface area (Å²) in [6, 6.07) is 9.75. The van der Waals surface area contributed by atoms with Crippen LogP contribution in [0.4, 0.5) is 0 Å². The fourth-order valence-electron chi connectivity index (χ4n) is 0.871. The summed E-state index contributed by atoms with van der Waals surface area (Å²) in [6.45, 7) is 2.85. The molecule has 0 amide bonds. The van der Waals surface area contributed by atoms with Crippen molar-refractivity contribution in [2.75, 3.05) is 6.61 Å². The van der Waals surface area contributed by atoms with Crippen LogP contribution < -0.4 is 11.5 Å². The number of thiocarbonyl (C=S) groups is 2. The van der Waals surface area contributed by atoms with Gasteiger partial charge >= 0.3 is 0 Å². The third-order valence-corrected chi connectivity index (χ3v) is 1.75. The molecule has 0 saturated carbocycles. The Morgan fingerprint density at radius 3 is 1.94 bits per heavy atom. The van der Waals surface area contributed by atoms with Gasteiger partial charge in [-0.05, 0) is 36.9 Å². The van der Waals surface area contributed by atoms with Crippen LogP contribution in [0.5, 0.6) is 0 Å². The molecule has 0 atom stereocenters. The van der Waals surface area contributed by atoms with E-state index in [2.05, 4.69) is 29.2 Å². The van der Waals surface area contributed by atoms with Crippen LogP contribution in [0, 0.1) is 0 Å². The molecule has 1 aromatic carbocycles. The van der Waals surface area contributed by atoms with Crippen LogP contribution in [-0.4, -0.2) is 17.0 Å². The summed E-state index contributed by atoms with van der Waals surface area (Å²) >= 11 is 8.90. The predicted molar refractivity (Wildman–Crippen MR) is 76.4 cm³/mol. The van der Waals surface area contributed by atoms with Crippen molar-refractivity contribution in [1.29, 1.82) is 0 Å². The minimum absolute atomic E-state index is 0.0915. The molecule has 6 heteroatoms. The summed E-state index contributed by atoms with van der Waals surface area (Å²) in [7, 11) is 0. The maximum Gasteiger partial charge on any atom is 0.254 e. The van der Waals surface area contributed by atoms with E-state index in [-0.39, 0.29) is 10.3 Å². The van der Waals surface area contributed by atoms with Crippen LogP contribution in [0.2, 0.25) is 0 Å². The van der Waals surface area contributed by atoms with E-state index in [1.807, 2.05) is 37.3 Å². The van der Waals surface area contributed by atoms with E-state index in [4.69, 9.17) is 16.2 Å². The Morgan fingerprint density at radius 1 is 1.06 bits per heavy atom. The molecule has 17 heavy (non-hydrogen) atoms. The van der Waals surface area contributed by atoms with E-state index < -0.39 is 0 Å². The number of benzene rings is 1. The Labute approximate surface area is 112 Å². The zero-order valence-electron chi connectivity index (χ0n) is 9.59. The van der Waals surface area contributed by atoms with Crippen molar-refractivity contribution >= 4 is 34.8 Å². The second-order valence-corrected chi connectivity index (χ2v) is 3.65. The van der Waals surface area contributed by atoms with Gasteiger partial charge in [0.15, 0.2) is 0 Å². The topological polar surface area (TPSA) is 70.5 Å². The van der Waals surface area contributed by atoms with Crippen LogP contribution in [0.25, 0.3) is 0 Å². The second-order valence-electron chi connectivity index (χ2n) is 2.85. The molecule has 4 N–H and O–H groups in total. The molecule has 0 unspecified atom stereocenters.